The Balaban J connectivity index is 1.55. The number of ether oxygens (including phenoxy) is 1. The predicted octanol–water partition coefficient (Wildman–Crippen LogP) is 2.21. The van der Waals surface area contributed by atoms with Gasteiger partial charge in [-0.05, 0) is 36.4 Å². The lowest BCUT2D eigenvalue weighted by Gasteiger charge is -2.30. The molecule has 1 aromatic carbocycles. The van der Waals surface area contributed by atoms with Crippen LogP contribution in [0.25, 0.3) is 11.4 Å². The van der Waals surface area contributed by atoms with Crippen molar-refractivity contribution in [2.45, 2.75) is 0 Å². The minimum atomic E-state index is -0.299. The first-order valence-corrected chi connectivity index (χ1v) is 9.43. The minimum Gasteiger partial charge on any atom is -0.497 e. The van der Waals surface area contributed by atoms with Gasteiger partial charge in [-0.2, -0.15) is 0 Å². The highest BCUT2D eigenvalue weighted by atomic mass is 16.5. The summed E-state index contributed by atoms with van der Waals surface area (Å²) in [4.78, 5) is 28.0. The number of amides is 1. The van der Waals surface area contributed by atoms with Crippen LogP contribution < -0.4 is 20.3 Å². The van der Waals surface area contributed by atoms with E-state index in [-0.39, 0.29) is 5.91 Å². The maximum atomic E-state index is 12.9. The molecule has 2 N–H and O–H groups in total. The molecule has 8 heteroatoms. The van der Waals surface area contributed by atoms with Gasteiger partial charge in [0.15, 0.2) is 5.82 Å². The van der Waals surface area contributed by atoms with E-state index in [1.807, 2.05) is 30.3 Å². The van der Waals surface area contributed by atoms with E-state index >= 15 is 0 Å². The Morgan fingerprint density at radius 2 is 1.90 bits per heavy atom. The summed E-state index contributed by atoms with van der Waals surface area (Å²) in [6.45, 7) is 3.57. The van der Waals surface area contributed by atoms with Gasteiger partial charge in [-0.15, -0.1) is 0 Å². The maximum Gasteiger partial charge on any atom is 0.274 e. The lowest BCUT2D eigenvalue weighted by molar-refractivity contribution is 0.102. The van der Waals surface area contributed by atoms with Crippen molar-refractivity contribution < 1.29 is 9.53 Å². The summed E-state index contributed by atoms with van der Waals surface area (Å²) in [5.41, 5.74) is 2.73. The summed E-state index contributed by atoms with van der Waals surface area (Å²) in [5, 5.41) is 6.28. The molecule has 1 amide bonds. The van der Waals surface area contributed by atoms with Gasteiger partial charge in [0.1, 0.15) is 11.4 Å². The van der Waals surface area contributed by atoms with Crippen LogP contribution in [-0.2, 0) is 0 Å². The van der Waals surface area contributed by atoms with E-state index in [9.17, 15) is 4.79 Å². The van der Waals surface area contributed by atoms with Crippen LogP contribution in [0.15, 0.2) is 55.0 Å². The molecule has 8 nitrogen and oxygen atoms in total. The SMILES string of the molecule is COc1ccc(-c2nccc(C(=O)Nc3cnccc3N3CCNCC3)n2)cc1. The quantitative estimate of drug-likeness (QED) is 0.690. The Bertz CT molecular complexity index is 986. The average molecular weight is 390 g/mol. The van der Waals surface area contributed by atoms with Gasteiger partial charge in [-0.3, -0.25) is 9.78 Å². The molecule has 0 saturated carbocycles. The Morgan fingerprint density at radius 3 is 2.66 bits per heavy atom. The number of nitrogens with one attached hydrogen (secondary N) is 2. The minimum absolute atomic E-state index is 0.293. The summed E-state index contributed by atoms with van der Waals surface area (Å²) < 4.78 is 5.18. The third kappa shape index (κ3) is 4.33. The molecule has 1 saturated heterocycles. The van der Waals surface area contributed by atoms with Crippen LogP contribution in [0.1, 0.15) is 10.5 Å². The number of methoxy groups -OCH3 is 1. The smallest absolute Gasteiger partial charge is 0.274 e. The number of hydrogen-bond acceptors (Lipinski definition) is 7. The molecular formula is C21H22N6O2. The van der Waals surface area contributed by atoms with Crippen molar-refractivity contribution in [1.82, 2.24) is 20.3 Å². The number of pyridine rings is 1. The topological polar surface area (TPSA) is 92.3 Å². The Morgan fingerprint density at radius 1 is 1.10 bits per heavy atom. The zero-order chi connectivity index (χ0) is 20.1. The molecular weight excluding hydrogens is 368 g/mol. The Labute approximate surface area is 169 Å². The number of hydrogen-bond donors (Lipinski definition) is 2. The van der Waals surface area contributed by atoms with Crippen LogP contribution >= 0.6 is 0 Å². The number of carbonyl (C=O) groups excluding carboxylic acids is 1. The molecule has 0 unspecified atom stereocenters. The monoisotopic (exact) mass is 390 g/mol. The number of rotatable bonds is 5. The predicted molar refractivity (Wildman–Crippen MR) is 111 cm³/mol. The van der Waals surface area contributed by atoms with E-state index < -0.39 is 0 Å². The van der Waals surface area contributed by atoms with Crippen molar-refractivity contribution >= 4 is 17.3 Å². The molecule has 2 aromatic heterocycles. The molecule has 0 atom stereocenters. The highest BCUT2D eigenvalue weighted by molar-refractivity contribution is 6.04. The standard InChI is InChI=1S/C21H22N6O2/c1-29-16-4-2-15(3-5-16)20-24-9-6-17(25-20)21(28)26-18-14-23-8-7-19(18)27-12-10-22-11-13-27/h2-9,14,22H,10-13H2,1H3,(H,26,28). The number of anilines is 2. The van der Waals surface area contributed by atoms with Crippen LogP contribution in [0.2, 0.25) is 0 Å². The first kappa shape index (κ1) is 18.8. The molecule has 1 fully saturated rings. The fourth-order valence-corrected chi connectivity index (χ4v) is 3.22. The maximum absolute atomic E-state index is 12.9. The molecule has 3 aromatic rings. The van der Waals surface area contributed by atoms with Crippen molar-refractivity contribution in [2.75, 3.05) is 43.5 Å². The van der Waals surface area contributed by atoms with Crippen LogP contribution in [0.5, 0.6) is 5.75 Å². The summed E-state index contributed by atoms with van der Waals surface area (Å²) in [6.07, 6.45) is 4.99. The average Bonchev–Trinajstić information content (AvgIpc) is 2.80. The van der Waals surface area contributed by atoms with Crippen LogP contribution in [0, 0.1) is 0 Å². The summed E-state index contributed by atoms with van der Waals surface area (Å²) in [6, 6.07) is 10.9. The lowest BCUT2D eigenvalue weighted by Crippen LogP contribution is -2.43. The third-order valence-corrected chi connectivity index (χ3v) is 4.74. The van der Waals surface area contributed by atoms with Crippen LogP contribution in [0.4, 0.5) is 11.4 Å². The molecule has 0 bridgehead atoms. The molecule has 1 aliphatic heterocycles. The summed E-state index contributed by atoms with van der Waals surface area (Å²) in [5.74, 6) is 0.931. The van der Waals surface area contributed by atoms with E-state index in [4.69, 9.17) is 4.74 Å². The molecule has 0 spiro atoms. The zero-order valence-electron chi connectivity index (χ0n) is 16.1. The number of aromatic nitrogens is 3. The molecule has 0 radical (unpaired) electrons. The third-order valence-electron chi connectivity index (χ3n) is 4.74. The zero-order valence-corrected chi connectivity index (χ0v) is 16.1. The number of nitrogens with zero attached hydrogens (tertiary/aromatic N) is 4. The van der Waals surface area contributed by atoms with Gasteiger partial charge < -0.3 is 20.3 Å². The van der Waals surface area contributed by atoms with Gasteiger partial charge in [0.2, 0.25) is 0 Å². The van der Waals surface area contributed by atoms with Crippen molar-refractivity contribution in [2.24, 2.45) is 0 Å². The highest BCUT2D eigenvalue weighted by Gasteiger charge is 2.17. The van der Waals surface area contributed by atoms with Crippen molar-refractivity contribution in [3.8, 4) is 17.1 Å². The first-order chi connectivity index (χ1) is 14.2. The first-order valence-electron chi connectivity index (χ1n) is 9.43. The van der Waals surface area contributed by atoms with Gasteiger partial charge in [0.25, 0.3) is 5.91 Å². The number of benzene rings is 1. The Hall–Kier alpha value is -3.52. The normalized spacial score (nSPS) is 13.8. The van der Waals surface area contributed by atoms with Gasteiger partial charge in [-0.25, -0.2) is 9.97 Å². The molecule has 29 heavy (non-hydrogen) atoms. The van der Waals surface area contributed by atoms with Crippen LogP contribution in [0.3, 0.4) is 0 Å². The van der Waals surface area contributed by atoms with E-state index in [0.717, 1.165) is 43.2 Å². The molecule has 4 rings (SSSR count). The van der Waals surface area contributed by atoms with Crippen LogP contribution in [-0.4, -0.2) is 54.1 Å². The van der Waals surface area contributed by atoms with E-state index in [2.05, 4.69) is 30.5 Å². The van der Waals surface area contributed by atoms with Crippen molar-refractivity contribution in [3.63, 3.8) is 0 Å². The largest absolute Gasteiger partial charge is 0.497 e. The second-order valence-corrected chi connectivity index (χ2v) is 6.58. The molecule has 1 aliphatic rings. The molecule has 0 aliphatic carbocycles. The van der Waals surface area contributed by atoms with Crippen molar-refractivity contribution in [3.05, 3.63) is 60.7 Å². The van der Waals surface area contributed by atoms with Gasteiger partial charge in [0.05, 0.1) is 24.7 Å². The number of carbonyl (C=O) groups is 1. The number of piperazine rings is 1. The fraction of sp³-hybridized carbons (Fsp3) is 0.238. The summed E-state index contributed by atoms with van der Waals surface area (Å²) in [7, 11) is 1.61. The molecule has 3 heterocycles. The van der Waals surface area contributed by atoms with Gasteiger partial charge >= 0.3 is 0 Å². The lowest BCUT2D eigenvalue weighted by atomic mass is 10.2. The van der Waals surface area contributed by atoms with Gasteiger partial charge in [-0.1, -0.05) is 0 Å². The Kier molecular flexibility index (Phi) is 5.62. The van der Waals surface area contributed by atoms with E-state index in [1.165, 1.54) is 0 Å². The second kappa shape index (κ2) is 8.66. The second-order valence-electron chi connectivity index (χ2n) is 6.58. The molecule has 148 valence electrons. The van der Waals surface area contributed by atoms with E-state index in [0.29, 0.717) is 17.2 Å². The van der Waals surface area contributed by atoms with Gasteiger partial charge in [0, 0.05) is 44.1 Å². The highest BCUT2D eigenvalue weighted by Crippen LogP contribution is 2.25. The summed E-state index contributed by atoms with van der Waals surface area (Å²) >= 11 is 0. The van der Waals surface area contributed by atoms with E-state index in [1.54, 1.807) is 31.8 Å². The fourth-order valence-electron chi connectivity index (χ4n) is 3.22. The van der Waals surface area contributed by atoms with Crippen molar-refractivity contribution in [1.29, 1.82) is 0 Å².